The molecule has 5 nitrogen and oxygen atoms in total. The van der Waals surface area contributed by atoms with E-state index in [0.717, 1.165) is 5.56 Å². The Bertz CT molecular complexity index is 484. The SMILES string of the molecule is COc1cc(/N=C/c2cccnc2)ncn1. The molecule has 5 heteroatoms. The molecule has 0 saturated carbocycles. The molecule has 0 aliphatic carbocycles. The van der Waals surface area contributed by atoms with Gasteiger partial charge in [-0.25, -0.2) is 15.0 Å². The van der Waals surface area contributed by atoms with Crippen LogP contribution in [0.15, 0.2) is 41.9 Å². The van der Waals surface area contributed by atoms with Crippen LogP contribution in [-0.4, -0.2) is 28.3 Å². The van der Waals surface area contributed by atoms with Crippen molar-refractivity contribution in [3.05, 3.63) is 42.5 Å². The molecule has 2 aromatic rings. The van der Waals surface area contributed by atoms with Crippen molar-refractivity contribution in [3.63, 3.8) is 0 Å². The summed E-state index contributed by atoms with van der Waals surface area (Å²) >= 11 is 0. The van der Waals surface area contributed by atoms with E-state index in [1.807, 2.05) is 12.1 Å². The van der Waals surface area contributed by atoms with Gasteiger partial charge in [-0.3, -0.25) is 4.98 Å². The smallest absolute Gasteiger partial charge is 0.218 e. The Morgan fingerprint density at radius 2 is 2.31 bits per heavy atom. The van der Waals surface area contributed by atoms with E-state index in [9.17, 15) is 0 Å². The van der Waals surface area contributed by atoms with Crippen LogP contribution < -0.4 is 4.74 Å². The van der Waals surface area contributed by atoms with Crippen molar-refractivity contribution in [3.8, 4) is 5.88 Å². The molecule has 0 bridgehead atoms. The van der Waals surface area contributed by atoms with Gasteiger partial charge in [0.1, 0.15) is 6.33 Å². The first kappa shape index (κ1) is 10.2. The van der Waals surface area contributed by atoms with Gasteiger partial charge in [-0.1, -0.05) is 6.07 Å². The number of hydrogen-bond donors (Lipinski definition) is 0. The third-order valence-electron chi connectivity index (χ3n) is 1.87. The normalized spacial score (nSPS) is 10.6. The number of pyridine rings is 1. The highest BCUT2D eigenvalue weighted by atomic mass is 16.5. The second kappa shape index (κ2) is 4.97. The molecular formula is C11H10N4O. The number of rotatable bonds is 3. The predicted molar refractivity (Wildman–Crippen MR) is 60.1 cm³/mol. The molecule has 0 aliphatic rings. The quantitative estimate of drug-likeness (QED) is 0.728. The highest BCUT2D eigenvalue weighted by Crippen LogP contribution is 2.12. The third kappa shape index (κ3) is 2.60. The van der Waals surface area contributed by atoms with Crippen molar-refractivity contribution < 1.29 is 4.74 Å². The summed E-state index contributed by atoms with van der Waals surface area (Å²) in [6, 6.07) is 5.42. The van der Waals surface area contributed by atoms with Crippen LogP contribution in [0.4, 0.5) is 5.82 Å². The van der Waals surface area contributed by atoms with E-state index in [0.29, 0.717) is 11.7 Å². The second-order valence-electron chi connectivity index (χ2n) is 2.96. The van der Waals surface area contributed by atoms with Gasteiger partial charge in [0.15, 0.2) is 5.82 Å². The number of aromatic nitrogens is 3. The molecule has 0 unspecified atom stereocenters. The zero-order chi connectivity index (χ0) is 11.2. The van der Waals surface area contributed by atoms with Crippen molar-refractivity contribution in [2.45, 2.75) is 0 Å². The summed E-state index contributed by atoms with van der Waals surface area (Å²) < 4.78 is 4.97. The van der Waals surface area contributed by atoms with Gasteiger partial charge in [-0.15, -0.1) is 0 Å². The summed E-state index contributed by atoms with van der Waals surface area (Å²) in [6.45, 7) is 0. The Morgan fingerprint density at radius 3 is 3.06 bits per heavy atom. The molecule has 0 radical (unpaired) electrons. The van der Waals surface area contributed by atoms with Crippen molar-refractivity contribution in [1.29, 1.82) is 0 Å². The molecule has 16 heavy (non-hydrogen) atoms. The molecule has 0 fully saturated rings. The number of hydrogen-bond acceptors (Lipinski definition) is 5. The maximum absolute atomic E-state index is 4.97. The lowest BCUT2D eigenvalue weighted by atomic mass is 10.3. The van der Waals surface area contributed by atoms with Gasteiger partial charge in [0, 0.05) is 30.2 Å². The highest BCUT2D eigenvalue weighted by Gasteiger charge is 1.95. The minimum absolute atomic E-state index is 0.494. The zero-order valence-corrected chi connectivity index (χ0v) is 8.74. The first-order valence-electron chi connectivity index (χ1n) is 4.68. The van der Waals surface area contributed by atoms with E-state index in [-0.39, 0.29) is 0 Å². The maximum atomic E-state index is 4.97. The summed E-state index contributed by atoms with van der Waals surface area (Å²) in [5, 5.41) is 0. The zero-order valence-electron chi connectivity index (χ0n) is 8.74. The van der Waals surface area contributed by atoms with Gasteiger partial charge >= 0.3 is 0 Å². The monoisotopic (exact) mass is 214 g/mol. The maximum Gasteiger partial charge on any atom is 0.218 e. The summed E-state index contributed by atoms with van der Waals surface area (Å²) in [6.07, 6.45) is 6.54. The minimum atomic E-state index is 0.494. The fourth-order valence-corrected chi connectivity index (χ4v) is 1.11. The molecule has 0 amide bonds. The lowest BCUT2D eigenvalue weighted by molar-refractivity contribution is 0.397. The van der Waals surface area contributed by atoms with Gasteiger partial charge in [-0.2, -0.15) is 0 Å². The predicted octanol–water partition coefficient (Wildman–Crippen LogP) is 1.63. The fraction of sp³-hybridized carbons (Fsp3) is 0.0909. The second-order valence-corrected chi connectivity index (χ2v) is 2.96. The Hall–Kier alpha value is -2.30. The number of methoxy groups -OCH3 is 1. The molecule has 0 aromatic carbocycles. The summed E-state index contributed by atoms with van der Waals surface area (Å²) in [5.41, 5.74) is 0.917. The molecule has 0 atom stereocenters. The first-order chi connectivity index (χ1) is 7.88. The summed E-state index contributed by atoms with van der Waals surface area (Å²) in [7, 11) is 1.55. The molecule has 0 saturated heterocycles. The molecule has 2 heterocycles. The lowest BCUT2D eigenvalue weighted by Gasteiger charge is -1.97. The van der Waals surface area contributed by atoms with Crippen LogP contribution in [0.25, 0.3) is 0 Å². The van der Waals surface area contributed by atoms with E-state index >= 15 is 0 Å². The van der Waals surface area contributed by atoms with Gasteiger partial charge in [-0.05, 0) is 6.07 Å². The van der Waals surface area contributed by atoms with Crippen LogP contribution in [0.1, 0.15) is 5.56 Å². The molecule has 2 rings (SSSR count). The first-order valence-corrected chi connectivity index (χ1v) is 4.68. The number of nitrogens with zero attached hydrogens (tertiary/aromatic N) is 4. The minimum Gasteiger partial charge on any atom is -0.481 e. The van der Waals surface area contributed by atoms with Crippen LogP contribution in [-0.2, 0) is 0 Å². The third-order valence-corrected chi connectivity index (χ3v) is 1.87. The van der Waals surface area contributed by atoms with Crippen LogP contribution in [0.5, 0.6) is 5.88 Å². The van der Waals surface area contributed by atoms with E-state index in [2.05, 4.69) is 19.9 Å². The molecule has 0 spiro atoms. The van der Waals surface area contributed by atoms with Gasteiger partial charge in [0.25, 0.3) is 0 Å². The lowest BCUT2D eigenvalue weighted by Crippen LogP contribution is -1.88. The van der Waals surface area contributed by atoms with Crippen molar-refractivity contribution in [2.24, 2.45) is 4.99 Å². The van der Waals surface area contributed by atoms with Crippen LogP contribution >= 0.6 is 0 Å². The number of aliphatic imine (C=N–C) groups is 1. The molecule has 0 aliphatic heterocycles. The van der Waals surface area contributed by atoms with E-state index in [1.54, 1.807) is 31.8 Å². The molecule has 2 aromatic heterocycles. The van der Waals surface area contributed by atoms with Crippen molar-refractivity contribution in [2.75, 3.05) is 7.11 Å². The summed E-state index contributed by atoms with van der Waals surface area (Å²) in [4.78, 5) is 16.1. The van der Waals surface area contributed by atoms with E-state index in [4.69, 9.17) is 4.74 Å². The average Bonchev–Trinajstić information content (AvgIpc) is 2.38. The average molecular weight is 214 g/mol. The number of ether oxygens (including phenoxy) is 1. The largest absolute Gasteiger partial charge is 0.481 e. The Morgan fingerprint density at radius 1 is 1.38 bits per heavy atom. The highest BCUT2D eigenvalue weighted by molar-refractivity contribution is 5.80. The standard InChI is InChI=1S/C11H10N4O/c1-16-11-5-10(14-8-15-11)13-7-9-3-2-4-12-6-9/h2-8H,1H3/b13-7+. The van der Waals surface area contributed by atoms with Gasteiger partial charge < -0.3 is 4.74 Å². The molecular weight excluding hydrogens is 204 g/mol. The molecule has 80 valence electrons. The van der Waals surface area contributed by atoms with E-state index < -0.39 is 0 Å². The summed E-state index contributed by atoms with van der Waals surface area (Å²) in [5.74, 6) is 1.05. The van der Waals surface area contributed by atoms with Crippen LogP contribution in [0.2, 0.25) is 0 Å². The topological polar surface area (TPSA) is 60.3 Å². The van der Waals surface area contributed by atoms with Crippen molar-refractivity contribution in [1.82, 2.24) is 15.0 Å². The Labute approximate surface area is 92.9 Å². The van der Waals surface area contributed by atoms with Crippen LogP contribution in [0, 0.1) is 0 Å². The van der Waals surface area contributed by atoms with Gasteiger partial charge in [0.2, 0.25) is 5.88 Å². The Kier molecular flexibility index (Phi) is 3.18. The molecule has 0 N–H and O–H groups in total. The van der Waals surface area contributed by atoms with Gasteiger partial charge in [0.05, 0.1) is 7.11 Å². The fourth-order valence-electron chi connectivity index (χ4n) is 1.11. The van der Waals surface area contributed by atoms with Crippen LogP contribution in [0.3, 0.4) is 0 Å². The van der Waals surface area contributed by atoms with E-state index in [1.165, 1.54) is 6.33 Å². The van der Waals surface area contributed by atoms with Crippen molar-refractivity contribution >= 4 is 12.0 Å². The Balaban J connectivity index is 2.17.